The molecule has 1 atom stereocenters. The summed E-state index contributed by atoms with van der Waals surface area (Å²) in [6, 6.07) is 0. The SMILES string of the molecule is CCCCC1(C=CCCCC(CCCC)(C(=O)O)C(=O)O)C=CC=CC1. The highest BCUT2D eigenvalue weighted by Gasteiger charge is 2.45. The van der Waals surface area contributed by atoms with E-state index in [1.807, 2.05) is 6.92 Å². The molecule has 0 aromatic carbocycles. The molecule has 146 valence electrons. The van der Waals surface area contributed by atoms with Crippen LogP contribution in [0.1, 0.15) is 78.1 Å². The Labute approximate surface area is 157 Å². The molecule has 0 heterocycles. The number of rotatable bonds is 13. The number of carboxylic acid groups (broad SMARTS) is 2. The van der Waals surface area contributed by atoms with Crippen LogP contribution >= 0.6 is 0 Å². The third-order valence-corrected chi connectivity index (χ3v) is 5.37. The molecule has 0 aliphatic heterocycles. The first-order valence-corrected chi connectivity index (χ1v) is 9.91. The molecule has 0 amide bonds. The summed E-state index contributed by atoms with van der Waals surface area (Å²) in [5, 5.41) is 19.0. The number of allylic oxidation sites excluding steroid dienone is 6. The lowest BCUT2D eigenvalue weighted by Gasteiger charge is -2.28. The summed E-state index contributed by atoms with van der Waals surface area (Å²) >= 11 is 0. The molecule has 0 aromatic rings. The van der Waals surface area contributed by atoms with Gasteiger partial charge >= 0.3 is 11.9 Å². The molecule has 1 aliphatic carbocycles. The van der Waals surface area contributed by atoms with Crippen LogP contribution < -0.4 is 0 Å². The summed E-state index contributed by atoms with van der Waals surface area (Å²) in [6.07, 6.45) is 20.4. The summed E-state index contributed by atoms with van der Waals surface area (Å²) in [5.74, 6) is -2.41. The number of unbranched alkanes of at least 4 members (excludes halogenated alkanes) is 3. The van der Waals surface area contributed by atoms with Crippen LogP contribution in [-0.4, -0.2) is 22.2 Å². The van der Waals surface area contributed by atoms with Crippen molar-refractivity contribution < 1.29 is 19.8 Å². The molecule has 0 radical (unpaired) electrons. The molecule has 0 saturated heterocycles. The van der Waals surface area contributed by atoms with E-state index in [-0.39, 0.29) is 18.3 Å². The van der Waals surface area contributed by atoms with Gasteiger partial charge in [-0.1, -0.05) is 76.0 Å². The first kappa shape index (κ1) is 22.2. The first-order valence-electron chi connectivity index (χ1n) is 9.91. The molecule has 26 heavy (non-hydrogen) atoms. The number of carboxylic acids is 2. The summed E-state index contributed by atoms with van der Waals surface area (Å²) in [5.41, 5.74) is -1.58. The molecule has 4 nitrogen and oxygen atoms in total. The van der Waals surface area contributed by atoms with Crippen molar-refractivity contribution in [2.75, 3.05) is 0 Å². The van der Waals surface area contributed by atoms with Crippen molar-refractivity contribution in [2.24, 2.45) is 10.8 Å². The Hall–Kier alpha value is -1.84. The van der Waals surface area contributed by atoms with Crippen molar-refractivity contribution in [3.8, 4) is 0 Å². The summed E-state index contributed by atoms with van der Waals surface area (Å²) in [6.45, 7) is 4.13. The zero-order valence-electron chi connectivity index (χ0n) is 16.2. The molecule has 0 fully saturated rings. The van der Waals surface area contributed by atoms with E-state index in [0.29, 0.717) is 19.3 Å². The molecule has 4 heteroatoms. The standard InChI is InChI=1S/C22H34O4/c1-3-5-13-21(14-9-7-10-15-21)16-11-8-12-18-22(19(23)24,20(25)26)17-6-4-2/h7,9-11,14,16H,3-6,8,12-13,15,17-18H2,1-2H3,(H,23,24)(H,25,26). The van der Waals surface area contributed by atoms with Gasteiger partial charge in [0.1, 0.15) is 0 Å². The minimum absolute atomic E-state index is 0.0592. The molecular formula is C22H34O4. The number of carbonyl (C=O) groups is 2. The minimum Gasteiger partial charge on any atom is -0.480 e. The van der Waals surface area contributed by atoms with Crippen molar-refractivity contribution in [1.82, 2.24) is 0 Å². The minimum atomic E-state index is -1.64. The second-order valence-electron chi connectivity index (χ2n) is 7.42. The molecule has 0 bridgehead atoms. The molecule has 0 saturated carbocycles. The quantitative estimate of drug-likeness (QED) is 0.248. The summed E-state index contributed by atoms with van der Waals surface area (Å²) < 4.78 is 0. The Morgan fingerprint density at radius 2 is 1.69 bits per heavy atom. The maximum Gasteiger partial charge on any atom is 0.321 e. The fourth-order valence-corrected chi connectivity index (χ4v) is 3.54. The Balaban J connectivity index is 2.67. The van der Waals surface area contributed by atoms with Gasteiger partial charge in [-0.05, 0) is 38.5 Å². The van der Waals surface area contributed by atoms with Gasteiger partial charge in [-0.3, -0.25) is 9.59 Å². The smallest absolute Gasteiger partial charge is 0.321 e. The van der Waals surface area contributed by atoms with E-state index >= 15 is 0 Å². The van der Waals surface area contributed by atoms with Gasteiger partial charge in [0.05, 0.1) is 0 Å². The van der Waals surface area contributed by atoms with Crippen molar-refractivity contribution in [1.29, 1.82) is 0 Å². The van der Waals surface area contributed by atoms with Gasteiger partial charge < -0.3 is 10.2 Å². The van der Waals surface area contributed by atoms with Crippen LogP contribution in [-0.2, 0) is 9.59 Å². The number of hydrogen-bond donors (Lipinski definition) is 2. The van der Waals surface area contributed by atoms with E-state index in [1.54, 1.807) is 0 Å². The van der Waals surface area contributed by atoms with E-state index in [0.717, 1.165) is 25.7 Å². The van der Waals surface area contributed by atoms with Crippen molar-refractivity contribution >= 4 is 11.9 Å². The Morgan fingerprint density at radius 1 is 1.04 bits per heavy atom. The van der Waals surface area contributed by atoms with Crippen LogP contribution in [0.2, 0.25) is 0 Å². The van der Waals surface area contributed by atoms with Crippen LogP contribution in [0.15, 0.2) is 36.5 Å². The highest BCUT2D eigenvalue weighted by molar-refractivity contribution is 5.98. The average molecular weight is 363 g/mol. The van der Waals surface area contributed by atoms with E-state index in [4.69, 9.17) is 0 Å². The van der Waals surface area contributed by atoms with Crippen molar-refractivity contribution in [3.05, 3.63) is 36.5 Å². The molecule has 0 spiro atoms. The van der Waals surface area contributed by atoms with Crippen LogP contribution in [0.4, 0.5) is 0 Å². The maximum atomic E-state index is 11.6. The monoisotopic (exact) mass is 362 g/mol. The predicted octanol–water partition coefficient (Wildman–Crippen LogP) is 5.75. The van der Waals surface area contributed by atoms with E-state index < -0.39 is 17.4 Å². The van der Waals surface area contributed by atoms with E-state index in [9.17, 15) is 19.8 Å². The topological polar surface area (TPSA) is 74.6 Å². The van der Waals surface area contributed by atoms with Crippen LogP contribution in [0, 0.1) is 10.8 Å². The summed E-state index contributed by atoms with van der Waals surface area (Å²) in [7, 11) is 0. The van der Waals surface area contributed by atoms with Crippen molar-refractivity contribution in [2.45, 2.75) is 78.1 Å². The molecule has 2 N–H and O–H groups in total. The number of hydrogen-bond acceptors (Lipinski definition) is 2. The second kappa shape index (κ2) is 11.0. The fraction of sp³-hybridized carbons (Fsp3) is 0.636. The van der Waals surface area contributed by atoms with E-state index in [2.05, 4.69) is 43.4 Å². The van der Waals surface area contributed by atoms with Gasteiger partial charge in [0.25, 0.3) is 0 Å². The van der Waals surface area contributed by atoms with Gasteiger partial charge in [-0.25, -0.2) is 0 Å². The molecule has 1 unspecified atom stereocenters. The van der Waals surface area contributed by atoms with Gasteiger partial charge in [-0.15, -0.1) is 0 Å². The zero-order valence-corrected chi connectivity index (χ0v) is 16.2. The largest absolute Gasteiger partial charge is 0.480 e. The number of aliphatic carboxylic acids is 2. The lowest BCUT2D eigenvalue weighted by Crippen LogP contribution is -2.39. The van der Waals surface area contributed by atoms with E-state index in [1.165, 1.54) is 6.42 Å². The summed E-state index contributed by atoms with van der Waals surface area (Å²) in [4.78, 5) is 23.3. The van der Waals surface area contributed by atoms with Gasteiger partial charge in [-0.2, -0.15) is 0 Å². The van der Waals surface area contributed by atoms with Crippen LogP contribution in [0.5, 0.6) is 0 Å². The fourth-order valence-electron chi connectivity index (χ4n) is 3.54. The Kier molecular flexibility index (Phi) is 9.39. The molecule has 1 rings (SSSR count). The van der Waals surface area contributed by atoms with Crippen molar-refractivity contribution in [3.63, 3.8) is 0 Å². The second-order valence-corrected chi connectivity index (χ2v) is 7.42. The van der Waals surface area contributed by atoms with Crippen LogP contribution in [0.3, 0.4) is 0 Å². The Morgan fingerprint density at radius 3 is 2.23 bits per heavy atom. The third kappa shape index (κ3) is 6.15. The zero-order chi connectivity index (χ0) is 19.5. The molecule has 0 aromatic heterocycles. The van der Waals surface area contributed by atoms with Gasteiger partial charge in [0, 0.05) is 5.41 Å². The lowest BCUT2D eigenvalue weighted by molar-refractivity contribution is -0.166. The average Bonchev–Trinajstić information content (AvgIpc) is 2.62. The third-order valence-electron chi connectivity index (χ3n) is 5.37. The predicted molar refractivity (Wildman–Crippen MR) is 105 cm³/mol. The molecular weight excluding hydrogens is 328 g/mol. The van der Waals surface area contributed by atoms with Gasteiger partial charge in [0.15, 0.2) is 5.41 Å². The molecule has 1 aliphatic rings. The normalized spacial score (nSPS) is 19.9. The highest BCUT2D eigenvalue weighted by atomic mass is 16.4. The first-order chi connectivity index (χ1) is 12.4. The van der Waals surface area contributed by atoms with Gasteiger partial charge in [0.2, 0.25) is 0 Å². The Bertz CT molecular complexity index is 530. The highest BCUT2D eigenvalue weighted by Crippen LogP contribution is 2.36. The van der Waals surface area contributed by atoms with Crippen LogP contribution in [0.25, 0.3) is 0 Å². The maximum absolute atomic E-state index is 11.6. The lowest BCUT2D eigenvalue weighted by atomic mass is 9.76.